The van der Waals surface area contributed by atoms with E-state index in [4.69, 9.17) is 4.74 Å². The maximum absolute atomic E-state index is 12.4. The van der Waals surface area contributed by atoms with Crippen molar-refractivity contribution in [1.29, 1.82) is 0 Å². The van der Waals surface area contributed by atoms with Crippen molar-refractivity contribution in [1.82, 2.24) is 25.0 Å². The molecule has 9 nitrogen and oxygen atoms in total. The molecule has 31 heavy (non-hydrogen) atoms. The Labute approximate surface area is 181 Å². The molecule has 0 bridgehead atoms. The summed E-state index contributed by atoms with van der Waals surface area (Å²) < 4.78 is 6.96. The molecule has 0 saturated carbocycles. The van der Waals surface area contributed by atoms with E-state index >= 15 is 0 Å². The quantitative estimate of drug-likeness (QED) is 0.614. The lowest BCUT2D eigenvalue weighted by Gasteiger charge is -2.31. The highest BCUT2D eigenvalue weighted by molar-refractivity contribution is 5.93. The minimum Gasteiger partial charge on any atom is -0.466 e. The molecule has 1 unspecified atom stereocenters. The van der Waals surface area contributed by atoms with Gasteiger partial charge in [0, 0.05) is 31.0 Å². The summed E-state index contributed by atoms with van der Waals surface area (Å²) in [7, 11) is 0. The molecule has 1 atom stereocenters. The highest BCUT2D eigenvalue weighted by atomic mass is 16.5. The van der Waals surface area contributed by atoms with Crippen LogP contribution < -0.4 is 10.9 Å². The molecule has 0 spiro atoms. The fourth-order valence-electron chi connectivity index (χ4n) is 3.95. The van der Waals surface area contributed by atoms with Crippen LogP contribution in [0.1, 0.15) is 47.2 Å². The van der Waals surface area contributed by atoms with Crippen LogP contribution in [0.2, 0.25) is 0 Å². The van der Waals surface area contributed by atoms with Crippen molar-refractivity contribution in [3.8, 4) is 0 Å². The summed E-state index contributed by atoms with van der Waals surface area (Å²) in [6, 6.07) is 5.29. The molecule has 2 N–H and O–H groups in total. The van der Waals surface area contributed by atoms with Crippen molar-refractivity contribution in [3.63, 3.8) is 0 Å². The van der Waals surface area contributed by atoms with Gasteiger partial charge in [0.1, 0.15) is 5.56 Å². The Morgan fingerprint density at radius 2 is 2.13 bits per heavy atom. The van der Waals surface area contributed by atoms with Gasteiger partial charge in [-0.25, -0.2) is 0 Å². The molecule has 1 fully saturated rings. The number of hydrogen-bond donors (Lipinski definition) is 2. The maximum Gasteiger partial charge on any atom is 0.310 e. The summed E-state index contributed by atoms with van der Waals surface area (Å²) in [5.41, 5.74) is 2.34. The molecule has 1 amide bonds. The van der Waals surface area contributed by atoms with Crippen LogP contribution in [-0.4, -0.2) is 57.8 Å². The molecular weight excluding hydrogens is 398 g/mol. The van der Waals surface area contributed by atoms with E-state index in [-0.39, 0.29) is 17.5 Å². The number of aryl methyl sites for hydroxylation is 2. The molecule has 1 aliphatic rings. The molecule has 9 heteroatoms. The zero-order valence-electron chi connectivity index (χ0n) is 18.4. The Kier molecular flexibility index (Phi) is 7.62. The third-order valence-corrected chi connectivity index (χ3v) is 5.45. The summed E-state index contributed by atoms with van der Waals surface area (Å²) in [6.45, 7) is 8.97. The molecular formula is C22H31N5O4. The van der Waals surface area contributed by atoms with Gasteiger partial charge in [0.25, 0.3) is 11.5 Å². The predicted molar refractivity (Wildman–Crippen MR) is 116 cm³/mol. The van der Waals surface area contributed by atoms with E-state index in [9.17, 15) is 14.4 Å². The number of carbonyl (C=O) groups excluding carboxylic acids is 2. The number of ether oxygens (including phenoxy) is 1. The van der Waals surface area contributed by atoms with Crippen molar-refractivity contribution in [2.75, 3.05) is 26.2 Å². The third kappa shape index (κ3) is 6.04. The average Bonchev–Trinajstić information content (AvgIpc) is 3.05. The maximum atomic E-state index is 12.4. The molecule has 2 aromatic rings. The first-order valence-corrected chi connectivity index (χ1v) is 10.8. The van der Waals surface area contributed by atoms with E-state index in [2.05, 4.69) is 20.3 Å². The van der Waals surface area contributed by atoms with E-state index in [1.54, 1.807) is 19.1 Å². The first-order valence-electron chi connectivity index (χ1n) is 10.8. The Bertz CT molecular complexity index is 981. The molecule has 0 aromatic carbocycles. The summed E-state index contributed by atoms with van der Waals surface area (Å²) in [4.78, 5) is 41.8. The summed E-state index contributed by atoms with van der Waals surface area (Å²) in [5.74, 6) is -0.699. The van der Waals surface area contributed by atoms with E-state index in [1.807, 2.05) is 24.6 Å². The number of aromatic nitrogens is 3. The normalized spacial score (nSPS) is 16.8. The van der Waals surface area contributed by atoms with Gasteiger partial charge in [0.2, 0.25) is 0 Å². The van der Waals surface area contributed by atoms with Gasteiger partial charge >= 0.3 is 5.97 Å². The fourth-order valence-corrected chi connectivity index (χ4v) is 3.95. The second-order valence-corrected chi connectivity index (χ2v) is 7.96. The number of aromatic amines is 1. The minimum atomic E-state index is -0.417. The predicted octanol–water partition coefficient (Wildman–Crippen LogP) is 1.39. The Balaban J connectivity index is 1.54. The van der Waals surface area contributed by atoms with Gasteiger partial charge in [0.05, 0.1) is 24.8 Å². The number of piperidine rings is 1. The molecule has 168 valence electrons. The van der Waals surface area contributed by atoms with Crippen LogP contribution in [0.15, 0.2) is 23.0 Å². The molecule has 0 radical (unpaired) electrons. The number of nitrogens with zero attached hydrogens (tertiary/aromatic N) is 3. The number of amides is 1. The smallest absolute Gasteiger partial charge is 0.310 e. The largest absolute Gasteiger partial charge is 0.466 e. The van der Waals surface area contributed by atoms with Crippen molar-refractivity contribution in [3.05, 3.63) is 51.2 Å². The third-order valence-electron chi connectivity index (χ3n) is 5.45. The van der Waals surface area contributed by atoms with E-state index in [0.717, 1.165) is 30.8 Å². The molecule has 2 aromatic heterocycles. The van der Waals surface area contributed by atoms with Gasteiger partial charge in [0.15, 0.2) is 0 Å². The van der Waals surface area contributed by atoms with Crippen LogP contribution >= 0.6 is 0 Å². The molecule has 3 rings (SSSR count). The topological polar surface area (TPSA) is 109 Å². The zero-order valence-corrected chi connectivity index (χ0v) is 18.4. The SMILES string of the molecule is CCOC(=O)C1CCCN(Cc2ccc(C(=O)NCCn3nc(C)cc3C)c(=O)[nH]2)C1. The number of rotatable bonds is 8. The first-order chi connectivity index (χ1) is 14.9. The number of pyridine rings is 1. The van der Waals surface area contributed by atoms with Crippen LogP contribution in [0.3, 0.4) is 0 Å². The summed E-state index contributed by atoms with van der Waals surface area (Å²) in [5, 5.41) is 7.13. The fraction of sp³-hybridized carbons (Fsp3) is 0.545. The monoisotopic (exact) mass is 429 g/mol. The van der Waals surface area contributed by atoms with Crippen LogP contribution in [0.25, 0.3) is 0 Å². The number of hydrogen-bond acceptors (Lipinski definition) is 6. The number of carbonyl (C=O) groups is 2. The Hall–Kier alpha value is -2.94. The van der Waals surface area contributed by atoms with Crippen LogP contribution in [-0.2, 0) is 22.6 Å². The highest BCUT2D eigenvalue weighted by Gasteiger charge is 2.27. The van der Waals surface area contributed by atoms with Gasteiger partial charge in [-0.2, -0.15) is 5.10 Å². The van der Waals surface area contributed by atoms with Gasteiger partial charge in [-0.1, -0.05) is 0 Å². The van der Waals surface area contributed by atoms with Gasteiger partial charge in [-0.3, -0.25) is 24.0 Å². The Morgan fingerprint density at radius 1 is 1.32 bits per heavy atom. The zero-order chi connectivity index (χ0) is 22.4. The second kappa shape index (κ2) is 10.4. The average molecular weight is 430 g/mol. The molecule has 1 aliphatic heterocycles. The number of esters is 1. The van der Waals surface area contributed by atoms with E-state index in [1.165, 1.54) is 0 Å². The van der Waals surface area contributed by atoms with Crippen molar-refractivity contribution < 1.29 is 14.3 Å². The standard InChI is InChI=1S/C22H31N5O4/c1-4-31-22(30)17-6-5-10-26(13-17)14-18-7-8-19(21(29)24-18)20(28)23-9-11-27-16(3)12-15(2)25-27/h7-8,12,17H,4-6,9-11,13-14H2,1-3H3,(H,23,28)(H,24,29). The van der Waals surface area contributed by atoms with Crippen LogP contribution in [0, 0.1) is 19.8 Å². The number of nitrogens with one attached hydrogen (secondary N) is 2. The van der Waals surface area contributed by atoms with Crippen LogP contribution in [0.5, 0.6) is 0 Å². The lowest BCUT2D eigenvalue weighted by atomic mass is 9.98. The van der Waals surface area contributed by atoms with E-state index < -0.39 is 11.5 Å². The van der Waals surface area contributed by atoms with Gasteiger partial charge < -0.3 is 15.0 Å². The molecule has 0 aliphatic carbocycles. The van der Waals surface area contributed by atoms with E-state index in [0.29, 0.717) is 38.5 Å². The molecule has 1 saturated heterocycles. The van der Waals surface area contributed by atoms with Crippen molar-refractivity contribution in [2.45, 2.75) is 46.7 Å². The Morgan fingerprint density at radius 3 is 2.81 bits per heavy atom. The van der Waals surface area contributed by atoms with Crippen molar-refractivity contribution >= 4 is 11.9 Å². The molecule has 3 heterocycles. The highest BCUT2D eigenvalue weighted by Crippen LogP contribution is 2.19. The minimum absolute atomic E-state index is 0.0835. The summed E-state index contributed by atoms with van der Waals surface area (Å²) in [6.07, 6.45) is 1.73. The van der Waals surface area contributed by atoms with Gasteiger partial charge in [-0.15, -0.1) is 0 Å². The lowest BCUT2D eigenvalue weighted by Crippen LogP contribution is -2.39. The lowest BCUT2D eigenvalue weighted by molar-refractivity contribution is -0.150. The summed E-state index contributed by atoms with van der Waals surface area (Å²) >= 11 is 0. The second-order valence-electron chi connectivity index (χ2n) is 7.96. The van der Waals surface area contributed by atoms with Crippen molar-refractivity contribution in [2.24, 2.45) is 5.92 Å². The number of likely N-dealkylation sites (tertiary alicyclic amines) is 1. The van der Waals surface area contributed by atoms with Gasteiger partial charge in [-0.05, 0) is 58.4 Å². The number of H-pyrrole nitrogens is 1. The van der Waals surface area contributed by atoms with Crippen LogP contribution in [0.4, 0.5) is 0 Å². The first kappa shape index (κ1) is 22.7.